The zero-order chi connectivity index (χ0) is 22.3. The summed E-state index contributed by atoms with van der Waals surface area (Å²) in [7, 11) is 0. The quantitative estimate of drug-likeness (QED) is 0.624. The van der Waals surface area contributed by atoms with Gasteiger partial charge in [-0.05, 0) is 30.2 Å². The number of hydrogen-bond acceptors (Lipinski definition) is 3. The molecular weight excluding hydrogens is 414 g/mol. The maximum atomic E-state index is 14.6. The van der Waals surface area contributed by atoms with Crippen LogP contribution in [-0.2, 0) is 21.6 Å². The van der Waals surface area contributed by atoms with Gasteiger partial charge in [-0.1, -0.05) is 32.4 Å². The highest BCUT2D eigenvalue weighted by molar-refractivity contribution is 5.65. The molecule has 9 heteroatoms. The van der Waals surface area contributed by atoms with Crippen molar-refractivity contribution < 1.29 is 40.9 Å². The van der Waals surface area contributed by atoms with Gasteiger partial charge in [-0.15, -0.1) is 0 Å². The van der Waals surface area contributed by atoms with Crippen molar-refractivity contribution >= 4 is 0 Å². The first-order valence-electron chi connectivity index (χ1n) is 9.25. The summed E-state index contributed by atoms with van der Waals surface area (Å²) in [6, 6.07) is 3.96. The Labute approximate surface area is 169 Å². The Bertz CT molecular complexity index is 910. The van der Waals surface area contributed by atoms with Crippen molar-refractivity contribution in [2.24, 2.45) is 5.41 Å². The van der Waals surface area contributed by atoms with Crippen molar-refractivity contribution in [3.63, 3.8) is 0 Å². The first-order valence-corrected chi connectivity index (χ1v) is 9.25. The lowest BCUT2D eigenvalue weighted by Gasteiger charge is -2.41. The van der Waals surface area contributed by atoms with E-state index in [0.717, 1.165) is 25.0 Å². The number of benzene rings is 2. The molecule has 0 bridgehead atoms. The van der Waals surface area contributed by atoms with Gasteiger partial charge < -0.3 is 14.6 Å². The normalized spacial score (nSPS) is 24.8. The number of alkyl halides is 3. The molecule has 0 spiro atoms. The molecule has 2 aromatic rings. The van der Waals surface area contributed by atoms with Gasteiger partial charge in [-0.2, -0.15) is 13.2 Å². The number of ether oxygens (including phenoxy) is 2. The largest absolute Gasteiger partial charge is 0.422 e. The van der Waals surface area contributed by atoms with E-state index in [1.54, 1.807) is 0 Å². The van der Waals surface area contributed by atoms with Crippen molar-refractivity contribution in [1.82, 2.24) is 0 Å². The fourth-order valence-electron chi connectivity index (χ4n) is 3.49. The number of halogens is 6. The number of aliphatic hydroxyl groups is 1. The maximum Gasteiger partial charge on any atom is 0.422 e. The molecule has 1 N–H and O–H groups in total. The van der Waals surface area contributed by atoms with Crippen LogP contribution in [0.4, 0.5) is 26.3 Å². The van der Waals surface area contributed by atoms with Gasteiger partial charge in [0.25, 0.3) is 0 Å². The molecule has 1 fully saturated rings. The predicted molar refractivity (Wildman–Crippen MR) is 95.6 cm³/mol. The minimum absolute atomic E-state index is 0.0878. The van der Waals surface area contributed by atoms with Crippen LogP contribution in [0, 0.1) is 22.9 Å². The van der Waals surface area contributed by atoms with Crippen LogP contribution >= 0.6 is 0 Å². The van der Waals surface area contributed by atoms with Crippen LogP contribution in [0.15, 0.2) is 30.3 Å². The van der Waals surface area contributed by atoms with Crippen molar-refractivity contribution in [1.29, 1.82) is 0 Å². The minimum Gasteiger partial charge on any atom is -0.339 e. The Morgan fingerprint density at radius 1 is 0.967 bits per heavy atom. The molecule has 0 atom stereocenters. The second kappa shape index (κ2) is 7.86. The van der Waals surface area contributed by atoms with Gasteiger partial charge in [0.1, 0.15) is 23.0 Å². The molecule has 1 aliphatic rings. The highest BCUT2D eigenvalue weighted by atomic mass is 19.4. The van der Waals surface area contributed by atoms with Gasteiger partial charge >= 0.3 is 12.1 Å². The highest BCUT2D eigenvalue weighted by Gasteiger charge is 2.43. The molecule has 3 nitrogen and oxygen atoms in total. The molecule has 3 rings (SSSR count). The zero-order valence-electron chi connectivity index (χ0n) is 16.2. The molecule has 164 valence electrons. The average molecular weight is 434 g/mol. The topological polar surface area (TPSA) is 38.7 Å². The van der Waals surface area contributed by atoms with Crippen molar-refractivity contribution in [3.05, 3.63) is 58.9 Å². The number of rotatable bonds is 4. The Morgan fingerprint density at radius 2 is 1.53 bits per heavy atom. The summed E-state index contributed by atoms with van der Waals surface area (Å²) in [5.41, 5.74) is -3.21. The summed E-state index contributed by atoms with van der Waals surface area (Å²) in [6.45, 7) is 4.24. The van der Waals surface area contributed by atoms with E-state index in [4.69, 9.17) is 9.47 Å². The molecule has 0 aliphatic carbocycles. The molecule has 1 aliphatic heterocycles. The third-order valence-electron chi connectivity index (χ3n) is 5.06. The molecule has 2 aromatic carbocycles. The molecule has 30 heavy (non-hydrogen) atoms. The first kappa shape index (κ1) is 22.6. The van der Waals surface area contributed by atoms with E-state index in [-0.39, 0.29) is 29.8 Å². The summed E-state index contributed by atoms with van der Waals surface area (Å²) in [5, 5.41) is 10.6. The van der Waals surface area contributed by atoms with Crippen molar-refractivity contribution in [3.8, 4) is 11.1 Å². The Balaban J connectivity index is 1.90. The molecule has 0 radical (unpaired) electrons. The van der Waals surface area contributed by atoms with Crippen LogP contribution < -0.4 is 0 Å². The summed E-state index contributed by atoms with van der Waals surface area (Å²) in [5.74, 6) is -6.93. The fourth-order valence-corrected chi connectivity index (χ4v) is 3.49. The van der Waals surface area contributed by atoms with E-state index >= 15 is 0 Å². The SMILES string of the molecule is CCCC1(C)COC(O)(c2ccc(-c3cc(F)c(C(F)(F)F)c(F)c3)c(F)c2)OC1. The molecule has 0 aromatic heterocycles. The number of hydrogen-bond donors (Lipinski definition) is 1. The van der Waals surface area contributed by atoms with E-state index in [0.29, 0.717) is 12.1 Å². The van der Waals surface area contributed by atoms with E-state index in [2.05, 4.69) is 0 Å². The standard InChI is InChI=1S/C21H20F6O3/c1-3-6-19(2)10-29-21(28,30-11-19)13-4-5-14(15(22)9-13)12-7-16(23)18(17(24)8-12)20(25,26)27/h4-5,7-9,28H,3,6,10-11H2,1-2H3. The van der Waals surface area contributed by atoms with Crippen molar-refractivity contribution in [2.75, 3.05) is 13.2 Å². The lowest BCUT2D eigenvalue weighted by Crippen LogP contribution is -2.46. The molecule has 1 heterocycles. The monoisotopic (exact) mass is 434 g/mol. The van der Waals surface area contributed by atoms with Gasteiger partial charge in [0.2, 0.25) is 0 Å². The van der Waals surface area contributed by atoms with Crippen LogP contribution in [-0.4, -0.2) is 18.3 Å². The third kappa shape index (κ3) is 4.33. The maximum absolute atomic E-state index is 14.6. The van der Waals surface area contributed by atoms with Crippen LogP contribution in [0.3, 0.4) is 0 Å². The minimum atomic E-state index is -5.22. The average Bonchev–Trinajstić information content (AvgIpc) is 2.63. The molecule has 0 unspecified atom stereocenters. The smallest absolute Gasteiger partial charge is 0.339 e. The second-order valence-corrected chi connectivity index (χ2v) is 7.73. The molecule has 0 saturated carbocycles. The van der Waals surface area contributed by atoms with Gasteiger partial charge in [-0.3, -0.25) is 0 Å². The first-order chi connectivity index (χ1) is 13.9. The van der Waals surface area contributed by atoms with Gasteiger partial charge in [0, 0.05) is 16.5 Å². The lowest BCUT2D eigenvalue weighted by atomic mass is 9.86. The summed E-state index contributed by atoms with van der Waals surface area (Å²) < 4.78 is 91.3. The van der Waals surface area contributed by atoms with Crippen LogP contribution in [0.25, 0.3) is 11.1 Å². The Morgan fingerprint density at radius 3 is 2.00 bits per heavy atom. The Hall–Kier alpha value is -2.10. The van der Waals surface area contributed by atoms with Crippen molar-refractivity contribution in [2.45, 2.75) is 38.8 Å². The fraction of sp³-hybridized carbons (Fsp3) is 0.429. The molecule has 1 saturated heterocycles. The molecule has 0 amide bonds. The summed E-state index contributed by atoms with van der Waals surface area (Å²) in [4.78, 5) is 0. The predicted octanol–water partition coefficient (Wildman–Crippen LogP) is 5.75. The second-order valence-electron chi connectivity index (χ2n) is 7.73. The van der Waals surface area contributed by atoms with E-state index in [9.17, 15) is 31.4 Å². The van der Waals surface area contributed by atoms with E-state index in [1.165, 1.54) is 6.07 Å². The van der Waals surface area contributed by atoms with Gasteiger partial charge in [0.15, 0.2) is 0 Å². The van der Waals surface area contributed by atoms with Crippen LogP contribution in [0.2, 0.25) is 0 Å². The third-order valence-corrected chi connectivity index (χ3v) is 5.06. The molecular formula is C21H20F6O3. The highest BCUT2D eigenvalue weighted by Crippen LogP contribution is 2.39. The summed E-state index contributed by atoms with van der Waals surface area (Å²) in [6.07, 6.45) is -3.55. The van der Waals surface area contributed by atoms with Gasteiger partial charge in [0.05, 0.1) is 13.2 Å². The summed E-state index contributed by atoms with van der Waals surface area (Å²) >= 11 is 0. The van der Waals surface area contributed by atoms with Gasteiger partial charge in [-0.25, -0.2) is 13.2 Å². The lowest BCUT2D eigenvalue weighted by molar-refractivity contribution is -0.414. The van der Waals surface area contributed by atoms with Crippen LogP contribution in [0.1, 0.15) is 37.8 Å². The Kier molecular flexibility index (Phi) is 5.92. The van der Waals surface area contributed by atoms with Crippen LogP contribution in [0.5, 0.6) is 0 Å². The zero-order valence-corrected chi connectivity index (χ0v) is 16.2. The van der Waals surface area contributed by atoms with E-state index < -0.39 is 40.7 Å². The van der Waals surface area contributed by atoms with E-state index in [1.807, 2.05) is 13.8 Å².